The molecule has 21 heavy (non-hydrogen) atoms. The molecule has 1 amide bonds. The summed E-state index contributed by atoms with van der Waals surface area (Å²) < 4.78 is 37.9. The molecule has 0 spiro atoms. The number of aromatic nitrogens is 1. The van der Waals surface area contributed by atoms with Crippen molar-refractivity contribution in [3.63, 3.8) is 0 Å². The molecule has 2 rings (SSSR count). The van der Waals surface area contributed by atoms with Crippen LogP contribution in [-0.2, 0) is 10.0 Å². The van der Waals surface area contributed by atoms with E-state index in [-0.39, 0.29) is 11.4 Å². The second kappa shape index (κ2) is 5.57. The molecule has 8 heteroatoms. The Kier molecular flexibility index (Phi) is 3.99. The summed E-state index contributed by atoms with van der Waals surface area (Å²) in [6, 6.07) is 5.11. The highest BCUT2D eigenvalue weighted by Gasteiger charge is 2.10. The smallest absolute Gasteiger partial charge is 0.257 e. The van der Waals surface area contributed by atoms with Crippen molar-refractivity contribution in [2.45, 2.75) is 6.92 Å². The number of rotatable bonds is 4. The molecule has 1 aromatic heterocycles. The van der Waals surface area contributed by atoms with Crippen LogP contribution in [0.1, 0.15) is 16.1 Å². The Morgan fingerprint density at radius 2 is 1.86 bits per heavy atom. The van der Waals surface area contributed by atoms with Crippen molar-refractivity contribution in [3.05, 3.63) is 47.5 Å². The average molecular weight is 311 g/mol. The Balaban J connectivity index is 2.22. The third kappa shape index (κ3) is 4.32. The molecular weight excluding hydrogens is 297 g/mol. The van der Waals surface area contributed by atoms with Crippen LogP contribution < -0.4 is 10.0 Å². The lowest BCUT2D eigenvalue weighted by molar-refractivity contribution is 0.102. The summed E-state index contributed by atoms with van der Waals surface area (Å²) in [5.74, 6) is -1.08. The van der Waals surface area contributed by atoms with Crippen LogP contribution in [0, 0.1) is 12.7 Å². The lowest BCUT2D eigenvalue weighted by Gasteiger charge is -2.08. The summed E-state index contributed by atoms with van der Waals surface area (Å²) in [5.41, 5.74) is 1.41. The van der Waals surface area contributed by atoms with Crippen LogP contribution in [0.4, 0.5) is 15.8 Å². The van der Waals surface area contributed by atoms with Crippen LogP contribution in [0.5, 0.6) is 0 Å². The summed E-state index contributed by atoms with van der Waals surface area (Å²) in [7, 11) is -3.52. The molecule has 0 fully saturated rings. The topological polar surface area (TPSA) is 91.1 Å². The van der Waals surface area contributed by atoms with Crippen molar-refractivity contribution in [1.29, 1.82) is 0 Å². The number of sulfonamides is 1. The molecule has 6 nitrogen and oxygen atoms in total. The second-order valence-electron chi connectivity index (χ2n) is 4.63. The Bertz CT molecular complexity index is 784. The zero-order valence-electron chi connectivity index (χ0n) is 11.4. The minimum absolute atomic E-state index is 0.0399. The zero-order chi connectivity index (χ0) is 15.6. The van der Waals surface area contributed by atoms with Gasteiger partial charge < -0.3 is 10.3 Å². The molecule has 0 saturated carbocycles. The van der Waals surface area contributed by atoms with Gasteiger partial charge in [-0.05, 0) is 31.2 Å². The number of nitrogens with one attached hydrogen (secondary N) is 3. The van der Waals surface area contributed by atoms with Gasteiger partial charge in [0.05, 0.1) is 17.5 Å². The largest absolute Gasteiger partial charge is 0.364 e. The normalized spacial score (nSPS) is 11.2. The van der Waals surface area contributed by atoms with E-state index in [9.17, 15) is 17.6 Å². The Hall–Kier alpha value is -2.35. The first kappa shape index (κ1) is 15.0. The number of benzene rings is 1. The number of anilines is 2. The number of halogens is 1. The van der Waals surface area contributed by atoms with Gasteiger partial charge in [0.2, 0.25) is 10.0 Å². The fourth-order valence-electron chi connectivity index (χ4n) is 1.78. The minimum atomic E-state index is -3.52. The summed E-state index contributed by atoms with van der Waals surface area (Å²) >= 11 is 0. The molecule has 112 valence electrons. The third-order valence-corrected chi connectivity index (χ3v) is 3.15. The highest BCUT2D eigenvalue weighted by atomic mass is 32.2. The maximum Gasteiger partial charge on any atom is 0.257 e. The first-order valence-electron chi connectivity index (χ1n) is 5.98. The molecule has 0 bridgehead atoms. The fraction of sp³-hybridized carbons (Fsp3) is 0.154. The van der Waals surface area contributed by atoms with Gasteiger partial charge in [-0.25, -0.2) is 12.8 Å². The molecule has 0 saturated heterocycles. The van der Waals surface area contributed by atoms with E-state index in [2.05, 4.69) is 15.0 Å². The lowest BCUT2D eigenvalue weighted by atomic mass is 10.2. The molecule has 1 heterocycles. The van der Waals surface area contributed by atoms with E-state index < -0.39 is 21.7 Å². The SMILES string of the molecule is Cc1cc(C(=O)Nc2cc(F)cc(NS(C)(=O)=O)c2)c[nH]1. The lowest BCUT2D eigenvalue weighted by Crippen LogP contribution is -2.13. The van der Waals surface area contributed by atoms with Crippen LogP contribution in [0.3, 0.4) is 0 Å². The van der Waals surface area contributed by atoms with Gasteiger partial charge in [0, 0.05) is 17.6 Å². The first-order valence-corrected chi connectivity index (χ1v) is 7.87. The van der Waals surface area contributed by atoms with Crippen molar-refractivity contribution in [2.24, 2.45) is 0 Å². The quantitative estimate of drug-likeness (QED) is 0.807. The van der Waals surface area contributed by atoms with Crippen molar-refractivity contribution in [3.8, 4) is 0 Å². The highest BCUT2D eigenvalue weighted by Crippen LogP contribution is 2.20. The Morgan fingerprint density at radius 1 is 1.19 bits per heavy atom. The molecule has 0 atom stereocenters. The van der Waals surface area contributed by atoms with Gasteiger partial charge in [-0.1, -0.05) is 0 Å². The molecule has 0 aliphatic heterocycles. The Morgan fingerprint density at radius 3 is 2.43 bits per heavy atom. The number of hydrogen-bond acceptors (Lipinski definition) is 3. The molecule has 3 N–H and O–H groups in total. The molecule has 2 aromatic rings. The summed E-state index contributed by atoms with van der Waals surface area (Å²) in [5, 5.41) is 2.50. The number of aryl methyl sites for hydroxylation is 1. The van der Waals surface area contributed by atoms with E-state index in [1.54, 1.807) is 13.0 Å². The van der Waals surface area contributed by atoms with Crippen LogP contribution in [0.2, 0.25) is 0 Å². The van der Waals surface area contributed by atoms with Crippen LogP contribution in [0.15, 0.2) is 30.5 Å². The van der Waals surface area contributed by atoms with Gasteiger partial charge in [0.1, 0.15) is 5.82 Å². The maximum atomic E-state index is 13.5. The van der Waals surface area contributed by atoms with E-state index in [1.165, 1.54) is 12.3 Å². The molecular formula is C13H14FN3O3S. The fourth-order valence-corrected chi connectivity index (χ4v) is 2.32. The molecule has 1 aromatic carbocycles. The number of amides is 1. The van der Waals surface area contributed by atoms with E-state index in [0.717, 1.165) is 24.1 Å². The number of aromatic amines is 1. The van der Waals surface area contributed by atoms with Gasteiger partial charge in [-0.2, -0.15) is 0 Å². The summed E-state index contributed by atoms with van der Waals surface area (Å²) in [6.07, 6.45) is 2.48. The monoisotopic (exact) mass is 311 g/mol. The van der Waals surface area contributed by atoms with Gasteiger partial charge >= 0.3 is 0 Å². The number of carbonyl (C=O) groups excluding carboxylic acids is 1. The van der Waals surface area contributed by atoms with Gasteiger partial charge in [-0.15, -0.1) is 0 Å². The van der Waals surface area contributed by atoms with Crippen LogP contribution in [-0.4, -0.2) is 25.6 Å². The van der Waals surface area contributed by atoms with Gasteiger partial charge in [0.25, 0.3) is 5.91 Å². The summed E-state index contributed by atoms with van der Waals surface area (Å²) in [4.78, 5) is 14.8. The standard InChI is InChI=1S/C13H14FN3O3S/c1-8-3-9(7-15-8)13(18)16-11-4-10(14)5-12(6-11)17-21(2,19)20/h3-7,15,17H,1-2H3,(H,16,18). The molecule has 0 unspecified atom stereocenters. The highest BCUT2D eigenvalue weighted by molar-refractivity contribution is 7.92. The van der Waals surface area contributed by atoms with Gasteiger partial charge in [0.15, 0.2) is 0 Å². The number of hydrogen-bond donors (Lipinski definition) is 3. The molecule has 0 radical (unpaired) electrons. The summed E-state index contributed by atoms with van der Waals surface area (Å²) in [6.45, 7) is 1.80. The van der Waals surface area contributed by atoms with E-state index in [4.69, 9.17) is 0 Å². The van der Waals surface area contributed by atoms with E-state index >= 15 is 0 Å². The zero-order valence-corrected chi connectivity index (χ0v) is 12.2. The van der Waals surface area contributed by atoms with Crippen molar-refractivity contribution in [1.82, 2.24) is 4.98 Å². The van der Waals surface area contributed by atoms with Crippen LogP contribution >= 0.6 is 0 Å². The predicted octanol–water partition coefficient (Wildman–Crippen LogP) is 2.09. The molecule has 0 aliphatic carbocycles. The average Bonchev–Trinajstić information content (AvgIpc) is 2.72. The van der Waals surface area contributed by atoms with Gasteiger partial charge in [-0.3, -0.25) is 9.52 Å². The number of H-pyrrole nitrogens is 1. The van der Waals surface area contributed by atoms with Crippen LogP contribution in [0.25, 0.3) is 0 Å². The predicted molar refractivity (Wildman–Crippen MR) is 78.3 cm³/mol. The maximum absolute atomic E-state index is 13.5. The first-order chi connectivity index (χ1) is 9.73. The van der Waals surface area contributed by atoms with Crippen molar-refractivity contribution < 1.29 is 17.6 Å². The van der Waals surface area contributed by atoms with Crippen molar-refractivity contribution >= 4 is 27.3 Å². The van der Waals surface area contributed by atoms with E-state index in [0.29, 0.717) is 5.56 Å². The third-order valence-electron chi connectivity index (χ3n) is 2.55. The van der Waals surface area contributed by atoms with Crippen molar-refractivity contribution in [2.75, 3.05) is 16.3 Å². The minimum Gasteiger partial charge on any atom is -0.364 e. The Labute approximate surface area is 121 Å². The number of carbonyl (C=O) groups is 1. The molecule has 0 aliphatic rings. The second-order valence-corrected chi connectivity index (χ2v) is 6.38. The van der Waals surface area contributed by atoms with E-state index in [1.807, 2.05) is 0 Å².